The Hall–Kier alpha value is -3.20. The van der Waals surface area contributed by atoms with E-state index >= 15 is 0 Å². The highest BCUT2D eigenvalue weighted by Gasteiger charge is 2.29. The second-order valence-corrected chi connectivity index (χ2v) is 10.7. The second kappa shape index (κ2) is 10.2. The van der Waals surface area contributed by atoms with Crippen molar-refractivity contribution in [1.82, 2.24) is 4.72 Å². The molecule has 1 aliphatic heterocycles. The van der Waals surface area contributed by atoms with Gasteiger partial charge >= 0.3 is 0 Å². The topological polar surface area (TPSA) is 95.6 Å². The van der Waals surface area contributed by atoms with Crippen LogP contribution in [-0.4, -0.2) is 32.8 Å². The Morgan fingerprint density at radius 3 is 2.51 bits per heavy atom. The summed E-state index contributed by atoms with van der Waals surface area (Å²) in [6.45, 7) is 3.83. The molecule has 9 heteroatoms. The Kier molecular flexibility index (Phi) is 7.25. The summed E-state index contributed by atoms with van der Waals surface area (Å²) in [6.07, 6.45) is 0.731. The highest BCUT2D eigenvalue weighted by Crippen LogP contribution is 2.30. The molecule has 1 atom stereocenters. The molecule has 0 bridgehead atoms. The van der Waals surface area contributed by atoms with E-state index in [1.807, 2.05) is 37.3 Å². The molecule has 1 heterocycles. The summed E-state index contributed by atoms with van der Waals surface area (Å²) in [6, 6.07) is 17.9. The Labute approximate surface area is 210 Å². The maximum atomic E-state index is 13.3. The number of sulfonamides is 1. The third-order valence-corrected chi connectivity index (χ3v) is 7.70. The van der Waals surface area contributed by atoms with Crippen LogP contribution in [0.5, 0.6) is 0 Å². The molecular weight excluding hydrogens is 486 g/mol. The summed E-state index contributed by atoms with van der Waals surface area (Å²) in [5.74, 6) is -0.583. The predicted molar refractivity (Wildman–Crippen MR) is 137 cm³/mol. The number of nitrogens with one attached hydrogen (secondary N) is 2. The van der Waals surface area contributed by atoms with Crippen LogP contribution in [0.25, 0.3) is 0 Å². The van der Waals surface area contributed by atoms with Crippen molar-refractivity contribution in [2.45, 2.75) is 37.6 Å². The smallest absolute Gasteiger partial charge is 0.242 e. The van der Waals surface area contributed by atoms with Gasteiger partial charge in [0.05, 0.1) is 4.90 Å². The van der Waals surface area contributed by atoms with Crippen LogP contribution in [0.4, 0.5) is 11.4 Å². The SMILES string of the molecule is CC(=O)N1CCc2cc(S(=O)(=O)N[C@@H](Cc3ccccc3)C(=O)Nc3cc(Cl)ccc3C)ccc21. The molecule has 0 saturated heterocycles. The largest absolute Gasteiger partial charge is 0.324 e. The molecule has 4 rings (SSSR count). The average molecular weight is 512 g/mol. The Morgan fingerprint density at radius 1 is 1.06 bits per heavy atom. The lowest BCUT2D eigenvalue weighted by Gasteiger charge is -2.20. The Bertz CT molecular complexity index is 1380. The average Bonchev–Trinajstić information content (AvgIpc) is 3.25. The summed E-state index contributed by atoms with van der Waals surface area (Å²) < 4.78 is 29.3. The quantitative estimate of drug-likeness (QED) is 0.499. The lowest BCUT2D eigenvalue weighted by atomic mass is 10.1. The number of nitrogens with zero attached hydrogens (tertiary/aromatic N) is 1. The van der Waals surface area contributed by atoms with Gasteiger partial charge in [-0.05, 0) is 66.8 Å². The molecule has 0 aliphatic carbocycles. The van der Waals surface area contributed by atoms with Gasteiger partial charge in [0.25, 0.3) is 0 Å². The first-order valence-electron chi connectivity index (χ1n) is 11.2. The van der Waals surface area contributed by atoms with E-state index in [1.165, 1.54) is 13.0 Å². The summed E-state index contributed by atoms with van der Waals surface area (Å²) in [4.78, 5) is 26.8. The molecule has 3 aromatic rings. The van der Waals surface area contributed by atoms with Crippen molar-refractivity contribution in [3.8, 4) is 0 Å². The minimum Gasteiger partial charge on any atom is -0.324 e. The van der Waals surface area contributed by atoms with Gasteiger partial charge < -0.3 is 10.2 Å². The fourth-order valence-electron chi connectivity index (χ4n) is 4.11. The van der Waals surface area contributed by atoms with Crippen LogP contribution in [0, 0.1) is 6.92 Å². The van der Waals surface area contributed by atoms with Crippen LogP contribution in [0.3, 0.4) is 0 Å². The number of hydrogen-bond acceptors (Lipinski definition) is 4. The van der Waals surface area contributed by atoms with E-state index in [0.717, 1.165) is 16.7 Å². The first-order valence-corrected chi connectivity index (χ1v) is 13.0. The van der Waals surface area contributed by atoms with Crippen molar-refractivity contribution in [3.63, 3.8) is 0 Å². The number of anilines is 2. The van der Waals surface area contributed by atoms with E-state index < -0.39 is 22.0 Å². The number of carbonyl (C=O) groups excluding carboxylic acids is 2. The monoisotopic (exact) mass is 511 g/mol. The van der Waals surface area contributed by atoms with Crippen molar-refractivity contribution >= 4 is 44.8 Å². The van der Waals surface area contributed by atoms with Gasteiger partial charge in [0.1, 0.15) is 6.04 Å². The van der Waals surface area contributed by atoms with Crippen molar-refractivity contribution in [1.29, 1.82) is 0 Å². The van der Waals surface area contributed by atoms with E-state index in [2.05, 4.69) is 10.0 Å². The Balaban J connectivity index is 1.61. The fraction of sp³-hybridized carbons (Fsp3) is 0.231. The number of halogens is 1. The molecule has 0 spiro atoms. The number of aryl methyl sites for hydroxylation is 1. The lowest BCUT2D eigenvalue weighted by Crippen LogP contribution is -2.45. The first-order chi connectivity index (χ1) is 16.6. The zero-order chi connectivity index (χ0) is 25.2. The number of rotatable bonds is 7. The number of fused-ring (bicyclic) bond motifs is 1. The fourth-order valence-corrected chi connectivity index (χ4v) is 5.53. The zero-order valence-corrected chi connectivity index (χ0v) is 21.0. The first kappa shape index (κ1) is 24.9. The van der Waals surface area contributed by atoms with Crippen LogP contribution < -0.4 is 14.9 Å². The third kappa shape index (κ3) is 5.73. The Morgan fingerprint density at radius 2 is 1.80 bits per heavy atom. The van der Waals surface area contributed by atoms with Gasteiger partial charge in [-0.15, -0.1) is 0 Å². The minimum absolute atomic E-state index is 0.0476. The molecule has 0 unspecified atom stereocenters. The van der Waals surface area contributed by atoms with Gasteiger partial charge in [0, 0.05) is 29.9 Å². The van der Waals surface area contributed by atoms with Crippen LogP contribution in [0.2, 0.25) is 5.02 Å². The van der Waals surface area contributed by atoms with Gasteiger partial charge in [-0.3, -0.25) is 9.59 Å². The summed E-state index contributed by atoms with van der Waals surface area (Å²) in [7, 11) is -4.03. The predicted octanol–water partition coefficient (Wildman–Crippen LogP) is 4.09. The highest BCUT2D eigenvalue weighted by molar-refractivity contribution is 7.89. The summed E-state index contributed by atoms with van der Waals surface area (Å²) in [5, 5.41) is 3.27. The van der Waals surface area contributed by atoms with Crippen molar-refractivity contribution in [2.24, 2.45) is 0 Å². The van der Waals surface area contributed by atoms with Gasteiger partial charge in [0.2, 0.25) is 21.8 Å². The number of benzene rings is 3. The standard InChI is InChI=1S/C26H26ClN3O4S/c1-17-8-9-21(27)16-23(17)28-26(32)24(14-19-6-4-3-5-7-19)29-35(33,34)22-10-11-25-20(15-22)12-13-30(25)18(2)31/h3-11,15-16,24,29H,12-14H2,1-2H3,(H,28,32)/t24-/m0/s1. The molecule has 0 radical (unpaired) electrons. The van der Waals surface area contributed by atoms with Crippen LogP contribution in [0.15, 0.2) is 71.6 Å². The number of hydrogen-bond donors (Lipinski definition) is 2. The summed E-state index contributed by atoms with van der Waals surface area (Å²) >= 11 is 6.08. The molecule has 3 aromatic carbocycles. The van der Waals surface area contributed by atoms with Gasteiger partial charge in [-0.2, -0.15) is 4.72 Å². The van der Waals surface area contributed by atoms with Crippen molar-refractivity contribution < 1.29 is 18.0 Å². The molecule has 0 saturated carbocycles. The maximum Gasteiger partial charge on any atom is 0.242 e. The highest BCUT2D eigenvalue weighted by atomic mass is 35.5. The van der Waals surface area contributed by atoms with Gasteiger partial charge in [-0.25, -0.2) is 8.42 Å². The molecule has 0 aromatic heterocycles. The van der Waals surface area contributed by atoms with Crippen molar-refractivity contribution in [3.05, 3.63) is 88.4 Å². The van der Waals surface area contributed by atoms with Crippen LogP contribution in [0.1, 0.15) is 23.6 Å². The van der Waals surface area contributed by atoms with E-state index in [4.69, 9.17) is 11.6 Å². The molecule has 7 nitrogen and oxygen atoms in total. The molecule has 1 aliphatic rings. The van der Waals surface area contributed by atoms with Gasteiger partial charge in [-0.1, -0.05) is 48.0 Å². The lowest BCUT2D eigenvalue weighted by molar-refractivity contribution is -0.118. The molecular formula is C26H26ClN3O4S. The minimum atomic E-state index is -4.03. The second-order valence-electron chi connectivity index (χ2n) is 8.52. The normalized spacial score (nSPS) is 13.9. The number of carbonyl (C=O) groups is 2. The number of amides is 2. The maximum absolute atomic E-state index is 13.3. The zero-order valence-electron chi connectivity index (χ0n) is 19.4. The molecule has 2 N–H and O–H groups in total. The van der Waals surface area contributed by atoms with E-state index in [0.29, 0.717) is 29.4 Å². The van der Waals surface area contributed by atoms with Gasteiger partial charge in [0.15, 0.2) is 0 Å². The van der Waals surface area contributed by atoms with E-state index in [9.17, 15) is 18.0 Å². The molecule has 2 amide bonds. The molecule has 35 heavy (non-hydrogen) atoms. The van der Waals surface area contributed by atoms with Crippen LogP contribution in [-0.2, 0) is 32.5 Å². The van der Waals surface area contributed by atoms with Crippen LogP contribution >= 0.6 is 11.6 Å². The molecule has 0 fully saturated rings. The summed E-state index contributed by atoms with van der Waals surface area (Å²) in [5.41, 5.74) is 3.62. The van der Waals surface area contributed by atoms with E-state index in [-0.39, 0.29) is 17.2 Å². The third-order valence-electron chi connectivity index (χ3n) is 5.99. The van der Waals surface area contributed by atoms with E-state index in [1.54, 1.807) is 35.2 Å². The van der Waals surface area contributed by atoms with Crippen molar-refractivity contribution in [2.75, 3.05) is 16.8 Å². The molecule has 182 valence electrons.